The zero-order valence-corrected chi connectivity index (χ0v) is 11.3. The van der Waals surface area contributed by atoms with E-state index >= 15 is 0 Å². The molecule has 3 rings (SSSR count). The van der Waals surface area contributed by atoms with Crippen LogP contribution in [0.2, 0.25) is 0 Å². The second-order valence-corrected chi connectivity index (χ2v) is 4.59. The molecule has 21 heavy (non-hydrogen) atoms. The maximum absolute atomic E-state index is 11.7. The molecule has 0 aliphatic heterocycles. The Bertz CT molecular complexity index is 790. The van der Waals surface area contributed by atoms with E-state index in [0.717, 1.165) is 11.0 Å². The van der Waals surface area contributed by atoms with Crippen molar-refractivity contribution in [1.29, 1.82) is 0 Å². The second kappa shape index (κ2) is 5.23. The van der Waals surface area contributed by atoms with Gasteiger partial charge >= 0.3 is 5.97 Å². The lowest BCUT2D eigenvalue weighted by molar-refractivity contribution is -0.135. The van der Waals surface area contributed by atoms with Crippen molar-refractivity contribution >= 4 is 22.9 Å². The first-order valence-corrected chi connectivity index (χ1v) is 6.41. The third kappa shape index (κ3) is 2.20. The standard InChI is InChI=1S/C16H12N2O3/c1-21-16(20)11-6-4-5-10(12(11)9-19)15-17-13-7-2-3-8-14(13)18-15/h2-8,10H,1H3,(H,17,18). The summed E-state index contributed by atoms with van der Waals surface area (Å²) < 4.78 is 4.69. The van der Waals surface area contributed by atoms with Crippen LogP contribution in [0.1, 0.15) is 11.7 Å². The van der Waals surface area contributed by atoms with Gasteiger partial charge in [-0.25, -0.2) is 14.6 Å². The Balaban J connectivity index is 2.06. The number of benzene rings is 1. The predicted octanol–water partition coefficient (Wildman–Crippen LogP) is 2.07. The molecule has 104 valence electrons. The number of esters is 1. The topological polar surface area (TPSA) is 72.0 Å². The van der Waals surface area contributed by atoms with Crippen LogP contribution in [-0.4, -0.2) is 29.0 Å². The SMILES string of the molecule is COC(=O)C1=CC=CC(c2nc3ccccc3[nH]2)C1=C=O. The summed E-state index contributed by atoms with van der Waals surface area (Å²) in [6.07, 6.45) is 5.06. The molecule has 1 aromatic carbocycles. The van der Waals surface area contributed by atoms with Gasteiger partial charge in [0.15, 0.2) is 0 Å². The summed E-state index contributed by atoms with van der Waals surface area (Å²) in [7, 11) is 1.28. The number of aromatic nitrogens is 2. The van der Waals surface area contributed by atoms with Crippen molar-refractivity contribution in [2.45, 2.75) is 5.92 Å². The van der Waals surface area contributed by atoms with E-state index in [9.17, 15) is 9.59 Å². The normalized spacial score (nSPS) is 17.5. The number of methoxy groups -OCH3 is 1. The molecule has 0 amide bonds. The average molecular weight is 280 g/mol. The van der Waals surface area contributed by atoms with Crippen molar-refractivity contribution in [2.75, 3.05) is 7.11 Å². The van der Waals surface area contributed by atoms with Crippen molar-refractivity contribution in [3.05, 3.63) is 59.5 Å². The van der Waals surface area contributed by atoms with E-state index in [2.05, 4.69) is 9.97 Å². The van der Waals surface area contributed by atoms with Crippen LogP contribution in [0.15, 0.2) is 53.6 Å². The van der Waals surface area contributed by atoms with Crippen molar-refractivity contribution in [1.82, 2.24) is 9.97 Å². The van der Waals surface area contributed by atoms with Gasteiger partial charge in [0.2, 0.25) is 0 Å². The van der Waals surface area contributed by atoms with Crippen molar-refractivity contribution in [3.8, 4) is 0 Å². The minimum Gasteiger partial charge on any atom is -0.465 e. The lowest BCUT2D eigenvalue weighted by Gasteiger charge is -2.16. The van der Waals surface area contributed by atoms with E-state index in [1.54, 1.807) is 18.2 Å². The van der Waals surface area contributed by atoms with Crippen LogP contribution in [0.3, 0.4) is 0 Å². The molecule has 1 aliphatic carbocycles. The number of carbonyl (C=O) groups excluding carboxylic acids is 2. The smallest absolute Gasteiger partial charge is 0.338 e. The number of nitrogens with one attached hydrogen (secondary N) is 1. The van der Waals surface area contributed by atoms with E-state index in [0.29, 0.717) is 5.82 Å². The van der Waals surface area contributed by atoms with E-state index in [4.69, 9.17) is 4.74 Å². The molecule has 2 aromatic rings. The first kappa shape index (κ1) is 13.1. The van der Waals surface area contributed by atoms with E-state index < -0.39 is 11.9 Å². The highest BCUT2D eigenvalue weighted by molar-refractivity contribution is 5.98. The highest BCUT2D eigenvalue weighted by Gasteiger charge is 2.28. The van der Waals surface area contributed by atoms with Crippen LogP contribution >= 0.6 is 0 Å². The molecule has 0 radical (unpaired) electrons. The summed E-state index contributed by atoms with van der Waals surface area (Å²) in [6, 6.07) is 7.57. The Kier molecular flexibility index (Phi) is 3.26. The van der Waals surface area contributed by atoms with Crippen LogP contribution < -0.4 is 0 Å². The van der Waals surface area contributed by atoms with E-state index in [1.165, 1.54) is 7.11 Å². The van der Waals surface area contributed by atoms with Gasteiger partial charge in [0.05, 0.1) is 35.2 Å². The summed E-state index contributed by atoms with van der Waals surface area (Å²) in [5.41, 5.74) is 2.12. The lowest BCUT2D eigenvalue weighted by Crippen LogP contribution is -2.15. The Morgan fingerprint density at radius 3 is 2.90 bits per heavy atom. The Hall–Kier alpha value is -2.91. The van der Waals surface area contributed by atoms with Crippen LogP contribution in [0, 0.1) is 0 Å². The summed E-state index contributed by atoms with van der Waals surface area (Å²) in [5, 5.41) is 0. The summed E-state index contributed by atoms with van der Waals surface area (Å²) in [6.45, 7) is 0. The van der Waals surface area contributed by atoms with Crippen LogP contribution in [0.5, 0.6) is 0 Å². The third-order valence-electron chi connectivity index (χ3n) is 3.39. The maximum Gasteiger partial charge on any atom is 0.338 e. The van der Waals surface area contributed by atoms with E-state index in [1.807, 2.05) is 30.2 Å². The zero-order chi connectivity index (χ0) is 14.8. The fourth-order valence-corrected chi connectivity index (χ4v) is 2.37. The highest BCUT2D eigenvalue weighted by Crippen LogP contribution is 2.32. The number of ether oxygens (including phenoxy) is 1. The van der Waals surface area contributed by atoms with E-state index in [-0.39, 0.29) is 11.1 Å². The molecule has 1 aromatic heterocycles. The number of allylic oxidation sites excluding steroid dienone is 3. The fourth-order valence-electron chi connectivity index (χ4n) is 2.37. The molecule has 0 fully saturated rings. The Morgan fingerprint density at radius 1 is 1.38 bits per heavy atom. The van der Waals surface area contributed by atoms with Crippen molar-refractivity contribution in [2.24, 2.45) is 0 Å². The van der Waals surface area contributed by atoms with Crippen LogP contribution in [0.25, 0.3) is 11.0 Å². The molecule has 1 unspecified atom stereocenters. The monoisotopic (exact) mass is 280 g/mol. The summed E-state index contributed by atoms with van der Waals surface area (Å²) >= 11 is 0. The van der Waals surface area contributed by atoms with Crippen LogP contribution in [0.4, 0.5) is 0 Å². The van der Waals surface area contributed by atoms with Crippen molar-refractivity contribution < 1.29 is 14.3 Å². The Morgan fingerprint density at radius 2 is 2.19 bits per heavy atom. The predicted molar refractivity (Wildman–Crippen MR) is 77.3 cm³/mol. The number of para-hydroxylation sites is 2. The molecule has 1 heterocycles. The van der Waals surface area contributed by atoms with Gasteiger partial charge in [-0.2, -0.15) is 0 Å². The molecular formula is C16H12N2O3. The first-order chi connectivity index (χ1) is 10.2. The molecule has 5 nitrogen and oxygen atoms in total. The molecule has 1 aliphatic rings. The molecule has 0 saturated carbocycles. The first-order valence-electron chi connectivity index (χ1n) is 6.41. The summed E-state index contributed by atoms with van der Waals surface area (Å²) in [4.78, 5) is 30.7. The number of imidazole rings is 1. The quantitative estimate of drug-likeness (QED) is 0.675. The minimum atomic E-state index is -0.557. The van der Waals surface area contributed by atoms with Gasteiger partial charge < -0.3 is 9.72 Å². The maximum atomic E-state index is 11.7. The number of fused-ring (bicyclic) bond motifs is 1. The number of aromatic amines is 1. The number of hydrogen-bond acceptors (Lipinski definition) is 4. The molecule has 1 N–H and O–H groups in total. The fraction of sp³-hybridized carbons (Fsp3) is 0.125. The highest BCUT2D eigenvalue weighted by atomic mass is 16.5. The number of H-pyrrole nitrogens is 1. The lowest BCUT2D eigenvalue weighted by atomic mass is 9.88. The zero-order valence-electron chi connectivity index (χ0n) is 11.3. The van der Waals surface area contributed by atoms with Gasteiger partial charge in [-0.05, 0) is 18.2 Å². The number of nitrogens with zero attached hydrogens (tertiary/aromatic N) is 1. The second-order valence-electron chi connectivity index (χ2n) is 4.59. The van der Waals surface area contributed by atoms with Gasteiger partial charge in [0.25, 0.3) is 0 Å². The average Bonchev–Trinajstić information content (AvgIpc) is 2.97. The molecular weight excluding hydrogens is 268 g/mol. The third-order valence-corrected chi connectivity index (χ3v) is 3.39. The van der Waals surface area contributed by atoms with Gasteiger partial charge in [0, 0.05) is 0 Å². The molecule has 1 atom stereocenters. The number of carbonyl (C=O) groups is 1. The largest absolute Gasteiger partial charge is 0.465 e. The number of rotatable bonds is 2. The van der Waals surface area contributed by atoms with Gasteiger partial charge in [0.1, 0.15) is 11.8 Å². The van der Waals surface area contributed by atoms with Gasteiger partial charge in [-0.3, -0.25) is 0 Å². The molecule has 0 bridgehead atoms. The number of hydrogen-bond donors (Lipinski definition) is 1. The molecule has 5 heteroatoms. The summed E-state index contributed by atoms with van der Waals surface area (Å²) in [5.74, 6) is 1.45. The molecule has 0 saturated heterocycles. The van der Waals surface area contributed by atoms with Crippen LogP contribution in [-0.2, 0) is 14.3 Å². The van der Waals surface area contributed by atoms with Gasteiger partial charge in [-0.15, -0.1) is 0 Å². The van der Waals surface area contributed by atoms with Crippen molar-refractivity contribution in [3.63, 3.8) is 0 Å². The molecule has 0 spiro atoms. The van der Waals surface area contributed by atoms with Gasteiger partial charge in [-0.1, -0.05) is 24.3 Å². The minimum absolute atomic E-state index is 0.209. The Labute approximate surface area is 120 Å².